The van der Waals surface area contributed by atoms with E-state index in [9.17, 15) is 4.79 Å². The lowest BCUT2D eigenvalue weighted by Crippen LogP contribution is -2.35. The predicted molar refractivity (Wildman–Crippen MR) is 126 cm³/mol. The number of nitrogens with two attached hydrogens (primary N) is 1. The van der Waals surface area contributed by atoms with Crippen LogP contribution in [0.1, 0.15) is 41.3 Å². The Hall–Kier alpha value is -2.63. The van der Waals surface area contributed by atoms with Gasteiger partial charge in [0.25, 0.3) is 5.91 Å². The number of halogens is 1. The zero-order valence-corrected chi connectivity index (χ0v) is 18.9. The SMILES string of the molecule is CC(C)c1ccc(COc2ccc(N(CCN)C(=O)c3ccccc3Br)cc2)cc1. The fourth-order valence-corrected chi connectivity index (χ4v) is 3.60. The van der Waals surface area contributed by atoms with E-state index in [1.165, 1.54) is 5.56 Å². The molecule has 0 aliphatic heterocycles. The van der Waals surface area contributed by atoms with Crippen molar-refractivity contribution in [1.29, 1.82) is 0 Å². The topological polar surface area (TPSA) is 55.6 Å². The molecule has 156 valence electrons. The lowest BCUT2D eigenvalue weighted by Gasteiger charge is -2.23. The van der Waals surface area contributed by atoms with Crippen LogP contribution in [-0.4, -0.2) is 19.0 Å². The second-order valence-electron chi connectivity index (χ2n) is 7.40. The summed E-state index contributed by atoms with van der Waals surface area (Å²) < 4.78 is 6.68. The number of carbonyl (C=O) groups excluding carboxylic acids is 1. The van der Waals surface area contributed by atoms with Crippen LogP contribution in [0.25, 0.3) is 0 Å². The van der Waals surface area contributed by atoms with Crippen molar-refractivity contribution in [2.24, 2.45) is 5.73 Å². The summed E-state index contributed by atoms with van der Waals surface area (Å²) in [5.41, 5.74) is 9.60. The van der Waals surface area contributed by atoms with E-state index >= 15 is 0 Å². The first-order chi connectivity index (χ1) is 14.5. The molecule has 0 aliphatic rings. The van der Waals surface area contributed by atoms with Crippen molar-refractivity contribution in [2.75, 3.05) is 18.0 Å². The van der Waals surface area contributed by atoms with E-state index in [0.717, 1.165) is 21.5 Å². The molecule has 0 saturated carbocycles. The number of hydrogen-bond acceptors (Lipinski definition) is 3. The van der Waals surface area contributed by atoms with E-state index < -0.39 is 0 Å². The van der Waals surface area contributed by atoms with Crippen molar-refractivity contribution in [2.45, 2.75) is 26.4 Å². The van der Waals surface area contributed by atoms with Crippen LogP contribution in [0.3, 0.4) is 0 Å². The van der Waals surface area contributed by atoms with Gasteiger partial charge in [-0.05, 0) is 69.4 Å². The summed E-state index contributed by atoms with van der Waals surface area (Å²) in [6.45, 7) is 5.67. The Morgan fingerprint density at radius 3 is 2.27 bits per heavy atom. The highest BCUT2D eigenvalue weighted by atomic mass is 79.9. The maximum Gasteiger partial charge on any atom is 0.259 e. The van der Waals surface area contributed by atoms with Gasteiger partial charge in [0.1, 0.15) is 12.4 Å². The molecule has 3 rings (SSSR count). The van der Waals surface area contributed by atoms with Crippen molar-refractivity contribution in [3.63, 3.8) is 0 Å². The van der Waals surface area contributed by atoms with Crippen LogP contribution in [0.15, 0.2) is 77.3 Å². The molecule has 4 nitrogen and oxygen atoms in total. The third kappa shape index (κ3) is 5.49. The van der Waals surface area contributed by atoms with Gasteiger partial charge in [-0.1, -0.05) is 50.2 Å². The lowest BCUT2D eigenvalue weighted by molar-refractivity contribution is 0.0987. The van der Waals surface area contributed by atoms with Crippen LogP contribution in [0.4, 0.5) is 5.69 Å². The third-order valence-corrected chi connectivity index (χ3v) is 5.59. The zero-order valence-electron chi connectivity index (χ0n) is 17.3. The third-order valence-electron chi connectivity index (χ3n) is 4.90. The van der Waals surface area contributed by atoms with Gasteiger partial charge < -0.3 is 15.4 Å². The summed E-state index contributed by atoms with van der Waals surface area (Å²) in [5, 5.41) is 0. The maximum atomic E-state index is 13.0. The highest BCUT2D eigenvalue weighted by Crippen LogP contribution is 2.25. The first-order valence-corrected chi connectivity index (χ1v) is 10.9. The standard InChI is InChI=1S/C25H27BrN2O2/c1-18(2)20-9-7-19(8-10-20)17-30-22-13-11-21(12-14-22)28(16-15-27)25(29)23-5-3-4-6-24(23)26/h3-14,18H,15-17,27H2,1-2H3. The van der Waals surface area contributed by atoms with Gasteiger partial charge in [-0.2, -0.15) is 0 Å². The van der Waals surface area contributed by atoms with Crippen molar-refractivity contribution < 1.29 is 9.53 Å². The van der Waals surface area contributed by atoms with Gasteiger partial charge in [0.2, 0.25) is 0 Å². The monoisotopic (exact) mass is 466 g/mol. The normalized spacial score (nSPS) is 10.8. The van der Waals surface area contributed by atoms with Crippen LogP contribution >= 0.6 is 15.9 Å². The number of rotatable bonds is 8. The van der Waals surface area contributed by atoms with Crippen molar-refractivity contribution in [3.05, 3.63) is 94.0 Å². The van der Waals surface area contributed by atoms with E-state index in [-0.39, 0.29) is 5.91 Å². The van der Waals surface area contributed by atoms with Crippen molar-refractivity contribution in [1.82, 2.24) is 0 Å². The summed E-state index contributed by atoms with van der Waals surface area (Å²) in [6.07, 6.45) is 0. The van der Waals surface area contributed by atoms with Crippen LogP contribution < -0.4 is 15.4 Å². The number of hydrogen-bond donors (Lipinski definition) is 1. The number of carbonyl (C=O) groups is 1. The zero-order chi connectivity index (χ0) is 21.5. The molecule has 0 unspecified atom stereocenters. The Kier molecular flexibility index (Phi) is 7.66. The first kappa shape index (κ1) is 22.1. The van der Waals surface area contributed by atoms with Gasteiger partial charge in [0, 0.05) is 23.2 Å². The first-order valence-electron chi connectivity index (χ1n) is 10.1. The Labute approximate surface area is 186 Å². The lowest BCUT2D eigenvalue weighted by atomic mass is 10.0. The summed E-state index contributed by atoms with van der Waals surface area (Å²) >= 11 is 3.46. The highest BCUT2D eigenvalue weighted by molar-refractivity contribution is 9.10. The average Bonchev–Trinajstić information content (AvgIpc) is 2.77. The highest BCUT2D eigenvalue weighted by Gasteiger charge is 2.19. The van der Waals surface area contributed by atoms with Crippen molar-refractivity contribution in [3.8, 4) is 5.75 Å². The summed E-state index contributed by atoms with van der Waals surface area (Å²) in [4.78, 5) is 14.7. The summed E-state index contributed by atoms with van der Waals surface area (Å²) in [7, 11) is 0. The van der Waals surface area contributed by atoms with Crippen LogP contribution in [0.2, 0.25) is 0 Å². The van der Waals surface area contributed by atoms with Crippen LogP contribution in [0, 0.1) is 0 Å². The van der Waals surface area contributed by atoms with E-state index in [1.807, 2.05) is 42.5 Å². The number of amides is 1. The predicted octanol–water partition coefficient (Wildman–Crippen LogP) is 5.76. The molecule has 0 fully saturated rings. The van der Waals surface area contributed by atoms with Crippen LogP contribution in [0.5, 0.6) is 5.75 Å². The Morgan fingerprint density at radius 1 is 1.00 bits per heavy atom. The molecule has 0 saturated heterocycles. The second-order valence-corrected chi connectivity index (χ2v) is 8.26. The Bertz CT molecular complexity index is 969. The molecule has 3 aromatic carbocycles. The fourth-order valence-electron chi connectivity index (χ4n) is 3.14. The number of ether oxygens (including phenoxy) is 1. The molecular weight excluding hydrogens is 440 g/mol. The molecular formula is C25H27BrN2O2. The Balaban J connectivity index is 1.69. The molecule has 0 heterocycles. The molecule has 5 heteroatoms. The quantitative estimate of drug-likeness (QED) is 0.459. The minimum absolute atomic E-state index is 0.0909. The molecule has 1 amide bonds. The molecule has 3 aromatic rings. The smallest absolute Gasteiger partial charge is 0.259 e. The molecule has 30 heavy (non-hydrogen) atoms. The van der Waals surface area contributed by atoms with Gasteiger partial charge >= 0.3 is 0 Å². The molecule has 0 aromatic heterocycles. The number of benzene rings is 3. The van der Waals surface area contributed by atoms with Gasteiger partial charge in [0.15, 0.2) is 0 Å². The van der Waals surface area contributed by atoms with Gasteiger partial charge in [-0.3, -0.25) is 4.79 Å². The average molecular weight is 467 g/mol. The summed E-state index contributed by atoms with van der Waals surface area (Å²) in [5.74, 6) is 1.18. The van der Waals surface area contributed by atoms with E-state index in [1.54, 1.807) is 11.0 Å². The molecule has 0 bridgehead atoms. The summed E-state index contributed by atoms with van der Waals surface area (Å²) in [6, 6.07) is 23.4. The molecule has 0 radical (unpaired) electrons. The molecule has 2 N–H and O–H groups in total. The van der Waals surface area contributed by atoms with Gasteiger partial charge in [0.05, 0.1) is 5.56 Å². The van der Waals surface area contributed by atoms with E-state index in [4.69, 9.17) is 10.5 Å². The van der Waals surface area contributed by atoms with Gasteiger partial charge in [-0.25, -0.2) is 0 Å². The van der Waals surface area contributed by atoms with Crippen molar-refractivity contribution >= 4 is 27.5 Å². The number of nitrogens with zero attached hydrogens (tertiary/aromatic N) is 1. The van der Waals surface area contributed by atoms with E-state index in [2.05, 4.69) is 54.0 Å². The maximum absolute atomic E-state index is 13.0. The van der Waals surface area contributed by atoms with E-state index in [0.29, 0.717) is 31.2 Å². The van der Waals surface area contributed by atoms with Crippen LogP contribution in [-0.2, 0) is 6.61 Å². The largest absolute Gasteiger partial charge is 0.489 e. The minimum atomic E-state index is -0.0909. The fraction of sp³-hybridized carbons (Fsp3) is 0.240. The Morgan fingerprint density at radius 2 is 1.67 bits per heavy atom. The molecule has 0 aliphatic carbocycles. The molecule has 0 spiro atoms. The van der Waals surface area contributed by atoms with Gasteiger partial charge in [-0.15, -0.1) is 0 Å². The number of anilines is 1. The molecule has 0 atom stereocenters. The minimum Gasteiger partial charge on any atom is -0.489 e. The second kappa shape index (κ2) is 10.4.